The van der Waals surface area contributed by atoms with Crippen LogP contribution in [0.25, 0.3) is 0 Å². The number of hydrogen-bond donors (Lipinski definition) is 1. The number of benzene rings is 1. The van der Waals surface area contributed by atoms with E-state index in [9.17, 15) is 0 Å². The van der Waals surface area contributed by atoms with E-state index in [2.05, 4.69) is 6.07 Å². The Hall–Kier alpha value is -1.53. The average molecular weight is 204 g/mol. The van der Waals surface area contributed by atoms with Gasteiger partial charge in [0.25, 0.3) is 0 Å². The molecule has 0 unspecified atom stereocenters. The van der Waals surface area contributed by atoms with Gasteiger partial charge in [-0.15, -0.1) is 0 Å². The van der Waals surface area contributed by atoms with Gasteiger partial charge in [0, 0.05) is 12.5 Å². The summed E-state index contributed by atoms with van der Waals surface area (Å²) >= 11 is 0. The molecule has 15 heavy (non-hydrogen) atoms. The first-order valence-corrected chi connectivity index (χ1v) is 5.09. The highest BCUT2D eigenvalue weighted by atomic mass is 16.5. The fraction of sp³-hybridized carbons (Fsp3) is 0.417. The smallest absolute Gasteiger partial charge is 0.119 e. The van der Waals surface area contributed by atoms with Gasteiger partial charge < -0.3 is 10.5 Å². The van der Waals surface area contributed by atoms with Crippen molar-refractivity contribution in [2.75, 3.05) is 6.61 Å². The van der Waals surface area contributed by atoms with Crippen LogP contribution in [0.4, 0.5) is 0 Å². The zero-order chi connectivity index (χ0) is 11.1. The van der Waals surface area contributed by atoms with Crippen LogP contribution >= 0.6 is 0 Å². The quantitative estimate of drug-likeness (QED) is 0.749. The minimum Gasteiger partial charge on any atom is -0.494 e. The van der Waals surface area contributed by atoms with Gasteiger partial charge in [0.05, 0.1) is 12.7 Å². The fourth-order valence-corrected chi connectivity index (χ4v) is 1.23. The van der Waals surface area contributed by atoms with E-state index in [1.165, 1.54) is 0 Å². The van der Waals surface area contributed by atoms with E-state index in [1.54, 1.807) is 0 Å². The molecule has 2 N–H and O–H groups in total. The number of rotatable bonds is 5. The van der Waals surface area contributed by atoms with E-state index in [-0.39, 0.29) is 6.04 Å². The van der Waals surface area contributed by atoms with E-state index in [4.69, 9.17) is 15.7 Å². The molecular formula is C12H16N2O. The molecule has 0 bridgehead atoms. The molecule has 80 valence electrons. The summed E-state index contributed by atoms with van der Waals surface area (Å²) in [6.45, 7) is 2.52. The summed E-state index contributed by atoms with van der Waals surface area (Å²) in [5.41, 5.74) is 6.82. The van der Waals surface area contributed by atoms with Crippen LogP contribution in [0.1, 0.15) is 31.4 Å². The van der Waals surface area contributed by atoms with Gasteiger partial charge in [-0.05, 0) is 31.0 Å². The molecule has 1 aromatic rings. The van der Waals surface area contributed by atoms with Crippen molar-refractivity contribution in [3.05, 3.63) is 29.8 Å². The molecule has 3 nitrogen and oxygen atoms in total. The second kappa shape index (κ2) is 6.05. The van der Waals surface area contributed by atoms with Crippen molar-refractivity contribution in [1.29, 1.82) is 5.26 Å². The summed E-state index contributed by atoms with van der Waals surface area (Å²) in [6, 6.07) is 9.85. The van der Waals surface area contributed by atoms with E-state index in [1.807, 2.05) is 31.2 Å². The highest BCUT2D eigenvalue weighted by molar-refractivity contribution is 5.30. The SMILES string of the molecule is C[C@@H](N)c1cccc(OCCCC#N)c1. The lowest BCUT2D eigenvalue weighted by molar-refractivity contribution is 0.312. The topological polar surface area (TPSA) is 59.0 Å². The van der Waals surface area contributed by atoms with Crippen molar-refractivity contribution in [3.8, 4) is 11.8 Å². The van der Waals surface area contributed by atoms with Gasteiger partial charge in [0.2, 0.25) is 0 Å². The zero-order valence-electron chi connectivity index (χ0n) is 8.94. The molecule has 0 saturated heterocycles. The van der Waals surface area contributed by atoms with Crippen LogP contribution in [0, 0.1) is 11.3 Å². The van der Waals surface area contributed by atoms with Crippen molar-refractivity contribution in [1.82, 2.24) is 0 Å². The predicted molar refractivity (Wildman–Crippen MR) is 59.4 cm³/mol. The Morgan fingerprint density at radius 1 is 1.53 bits per heavy atom. The van der Waals surface area contributed by atoms with Gasteiger partial charge in [-0.25, -0.2) is 0 Å². The van der Waals surface area contributed by atoms with Crippen LogP contribution in [0.15, 0.2) is 24.3 Å². The summed E-state index contributed by atoms with van der Waals surface area (Å²) in [7, 11) is 0. The Balaban J connectivity index is 2.48. The molecule has 0 saturated carbocycles. The van der Waals surface area contributed by atoms with Gasteiger partial charge in [-0.1, -0.05) is 12.1 Å². The van der Waals surface area contributed by atoms with Crippen molar-refractivity contribution < 1.29 is 4.74 Å². The molecule has 0 aliphatic heterocycles. The van der Waals surface area contributed by atoms with E-state index in [0.717, 1.165) is 17.7 Å². The third-order valence-corrected chi connectivity index (χ3v) is 2.09. The number of nitrogens with two attached hydrogens (primary N) is 1. The second-order valence-corrected chi connectivity index (χ2v) is 3.47. The van der Waals surface area contributed by atoms with Crippen molar-refractivity contribution in [2.24, 2.45) is 5.73 Å². The van der Waals surface area contributed by atoms with Gasteiger partial charge in [-0.3, -0.25) is 0 Å². The Morgan fingerprint density at radius 2 is 2.33 bits per heavy atom. The maximum atomic E-state index is 8.36. The van der Waals surface area contributed by atoms with Crippen molar-refractivity contribution in [2.45, 2.75) is 25.8 Å². The van der Waals surface area contributed by atoms with Crippen molar-refractivity contribution >= 4 is 0 Å². The molecule has 0 amide bonds. The number of ether oxygens (including phenoxy) is 1. The first kappa shape index (κ1) is 11.5. The first-order valence-electron chi connectivity index (χ1n) is 5.09. The van der Waals surface area contributed by atoms with Crippen LogP contribution in [-0.4, -0.2) is 6.61 Å². The molecule has 0 radical (unpaired) electrons. The maximum Gasteiger partial charge on any atom is 0.119 e. The molecule has 1 aromatic carbocycles. The lowest BCUT2D eigenvalue weighted by Gasteiger charge is -2.09. The van der Waals surface area contributed by atoms with E-state index < -0.39 is 0 Å². The lowest BCUT2D eigenvalue weighted by Crippen LogP contribution is -2.05. The number of nitriles is 1. The second-order valence-electron chi connectivity index (χ2n) is 3.47. The molecule has 0 aliphatic carbocycles. The molecule has 1 rings (SSSR count). The summed E-state index contributed by atoms with van der Waals surface area (Å²) < 4.78 is 5.49. The highest BCUT2D eigenvalue weighted by Crippen LogP contribution is 2.17. The van der Waals surface area contributed by atoms with Crippen LogP contribution < -0.4 is 10.5 Å². The van der Waals surface area contributed by atoms with Gasteiger partial charge in [0.1, 0.15) is 5.75 Å². The molecular weight excluding hydrogens is 188 g/mol. The third-order valence-electron chi connectivity index (χ3n) is 2.09. The van der Waals surface area contributed by atoms with Crippen LogP contribution in [0.3, 0.4) is 0 Å². The Morgan fingerprint density at radius 3 is 3.00 bits per heavy atom. The molecule has 0 fully saturated rings. The van der Waals surface area contributed by atoms with Gasteiger partial charge >= 0.3 is 0 Å². The molecule has 3 heteroatoms. The van der Waals surface area contributed by atoms with Crippen molar-refractivity contribution in [3.63, 3.8) is 0 Å². The first-order chi connectivity index (χ1) is 7.24. The lowest BCUT2D eigenvalue weighted by atomic mass is 10.1. The minimum atomic E-state index is 0.0210. The average Bonchev–Trinajstić information content (AvgIpc) is 2.25. The normalized spacial score (nSPS) is 11.8. The minimum absolute atomic E-state index is 0.0210. The molecule has 0 heterocycles. The summed E-state index contributed by atoms with van der Waals surface area (Å²) in [5.74, 6) is 0.822. The maximum absolute atomic E-state index is 8.36. The van der Waals surface area contributed by atoms with E-state index in [0.29, 0.717) is 13.0 Å². The molecule has 0 spiro atoms. The number of hydrogen-bond acceptors (Lipinski definition) is 3. The standard InChI is InChI=1S/C12H16N2O/c1-10(14)11-5-4-6-12(9-11)15-8-3-2-7-13/h4-6,9-10H,2-3,8,14H2,1H3/t10-/m1/s1. The largest absolute Gasteiger partial charge is 0.494 e. The number of nitrogens with zero attached hydrogens (tertiary/aromatic N) is 1. The Bertz CT molecular complexity index is 342. The van der Waals surface area contributed by atoms with Gasteiger partial charge in [0.15, 0.2) is 0 Å². The molecule has 0 aliphatic rings. The summed E-state index contributed by atoms with van der Waals surface area (Å²) in [5, 5.41) is 8.36. The predicted octanol–water partition coefficient (Wildman–Crippen LogP) is 2.39. The van der Waals surface area contributed by atoms with Gasteiger partial charge in [-0.2, -0.15) is 5.26 Å². The monoisotopic (exact) mass is 204 g/mol. The third kappa shape index (κ3) is 4.01. The molecule has 1 atom stereocenters. The van der Waals surface area contributed by atoms with Crippen LogP contribution in [-0.2, 0) is 0 Å². The Labute approximate surface area is 90.5 Å². The summed E-state index contributed by atoms with van der Waals surface area (Å²) in [4.78, 5) is 0. The van der Waals surface area contributed by atoms with Crippen LogP contribution in [0.5, 0.6) is 5.75 Å². The Kier molecular flexibility index (Phi) is 4.65. The van der Waals surface area contributed by atoms with Crippen LogP contribution in [0.2, 0.25) is 0 Å². The van der Waals surface area contributed by atoms with E-state index >= 15 is 0 Å². The fourth-order valence-electron chi connectivity index (χ4n) is 1.23. The number of unbranched alkanes of at least 4 members (excludes halogenated alkanes) is 1. The highest BCUT2D eigenvalue weighted by Gasteiger charge is 2.00. The summed E-state index contributed by atoms with van der Waals surface area (Å²) in [6.07, 6.45) is 1.30. The zero-order valence-corrected chi connectivity index (χ0v) is 8.94. The molecule has 0 aromatic heterocycles.